The van der Waals surface area contributed by atoms with Gasteiger partial charge in [0.2, 0.25) is 5.91 Å². The van der Waals surface area contributed by atoms with Crippen molar-refractivity contribution in [2.75, 3.05) is 19.0 Å². The van der Waals surface area contributed by atoms with Crippen molar-refractivity contribution >= 4 is 29.1 Å². The summed E-state index contributed by atoms with van der Waals surface area (Å²) in [6, 6.07) is 12.2. The van der Waals surface area contributed by atoms with Crippen LogP contribution >= 0.6 is 11.6 Å². The number of halogens is 1. The van der Waals surface area contributed by atoms with Crippen molar-refractivity contribution in [1.82, 2.24) is 5.32 Å². The minimum atomic E-state index is -0.160. The number of aryl methyl sites for hydroxylation is 1. The Kier molecular flexibility index (Phi) is 6.83. The normalized spacial score (nSPS) is 10.2. The Bertz CT molecular complexity index is 745. The number of ether oxygens (including phenoxy) is 1. The van der Waals surface area contributed by atoms with Gasteiger partial charge in [0, 0.05) is 29.7 Å². The summed E-state index contributed by atoms with van der Waals surface area (Å²) in [5, 5.41) is 6.05. The van der Waals surface area contributed by atoms with Crippen LogP contribution in [0.15, 0.2) is 42.5 Å². The lowest BCUT2D eigenvalue weighted by molar-refractivity contribution is -0.116. The first-order valence-corrected chi connectivity index (χ1v) is 8.38. The molecule has 0 saturated heterocycles. The van der Waals surface area contributed by atoms with Crippen molar-refractivity contribution in [3.8, 4) is 5.75 Å². The van der Waals surface area contributed by atoms with Gasteiger partial charge in [-0.2, -0.15) is 0 Å². The molecule has 2 aromatic carbocycles. The SMILES string of the molecule is CNC(=O)c1ccc(NC(=O)CCCOc2ccc(Cl)c(C)c2)cc1. The molecule has 0 saturated carbocycles. The molecule has 0 aliphatic rings. The van der Waals surface area contributed by atoms with E-state index in [1.165, 1.54) is 0 Å². The fourth-order valence-electron chi connectivity index (χ4n) is 2.20. The van der Waals surface area contributed by atoms with E-state index in [9.17, 15) is 9.59 Å². The average Bonchev–Trinajstić information content (AvgIpc) is 2.61. The summed E-state index contributed by atoms with van der Waals surface area (Å²) >= 11 is 5.97. The second-order valence-electron chi connectivity index (χ2n) is 5.57. The maximum Gasteiger partial charge on any atom is 0.251 e. The molecule has 6 heteroatoms. The summed E-state index contributed by atoms with van der Waals surface area (Å²) in [5.41, 5.74) is 2.16. The van der Waals surface area contributed by atoms with Gasteiger partial charge in [0.1, 0.15) is 5.75 Å². The third kappa shape index (κ3) is 5.80. The molecule has 0 bridgehead atoms. The van der Waals surface area contributed by atoms with E-state index >= 15 is 0 Å². The number of amides is 2. The van der Waals surface area contributed by atoms with Gasteiger partial charge in [0.05, 0.1) is 6.61 Å². The van der Waals surface area contributed by atoms with Crippen molar-refractivity contribution in [1.29, 1.82) is 0 Å². The third-order valence-corrected chi connectivity index (χ3v) is 4.03. The van der Waals surface area contributed by atoms with E-state index in [0.29, 0.717) is 35.7 Å². The molecule has 0 aliphatic carbocycles. The van der Waals surface area contributed by atoms with E-state index in [0.717, 1.165) is 11.3 Å². The molecule has 2 amide bonds. The molecule has 0 aliphatic heterocycles. The van der Waals surface area contributed by atoms with Crippen LogP contribution in [0.4, 0.5) is 5.69 Å². The van der Waals surface area contributed by atoms with E-state index in [2.05, 4.69) is 10.6 Å². The molecular weight excluding hydrogens is 340 g/mol. The highest BCUT2D eigenvalue weighted by Crippen LogP contribution is 2.21. The van der Waals surface area contributed by atoms with Crippen LogP contribution in [-0.4, -0.2) is 25.5 Å². The van der Waals surface area contributed by atoms with Crippen LogP contribution in [0.2, 0.25) is 5.02 Å². The van der Waals surface area contributed by atoms with Crippen LogP contribution in [0.3, 0.4) is 0 Å². The molecular formula is C19H21ClN2O3. The lowest BCUT2D eigenvalue weighted by Crippen LogP contribution is -2.18. The number of hydrogen-bond acceptors (Lipinski definition) is 3. The molecule has 0 atom stereocenters. The predicted octanol–water partition coefficient (Wildman–Crippen LogP) is 3.81. The Labute approximate surface area is 152 Å². The van der Waals surface area contributed by atoms with Gasteiger partial charge in [-0.3, -0.25) is 9.59 Å². The maximum atomic E-state index is 11.9. The minimum Gasteiger partial charge on any atom is -0.494 e. The predicted molar refractivity (Wildman–Crippen MR) is 99.4 cm³/mol. The van der Waals surface area contributed by atoms with E-state index < -0.39 is 0 Å². The van der Waals surface area contributed by atoms with Crippen LogP contribution < -0.4 is 15.4 Å². The van der Waals surface area contributed by atoms with Gasteiger partial charge in [-0.1, -0.05) is 11.6 Å². The standard InChI is InChI=1S/C19H21ClN2O3/c1-13-12-16(9-10-17(13)20)25-11-3-4-18(23)22-15-7-5-14(6-8-15)19(24)21-2/h5-10,12H,3-4,11H2,1-2H3,(H,21,24)(H,22,23). The number of anilines is 1. The van der Waals surface area contributed by atoms with Gasteiger partial charge in [0.15, 0.2) is 0 Å². The average molecular weight is 361 g/mol. The van der Waals surface area contributed by atoms with Gasteiger partial charge < -0.3 is 15.4 Å². The summed E-state index contributed by atoms with van der Waals surface area (Å²) in [6.45, 7) is 2.36. The first-order valence-electron chi connectivity index (χ1n) is 8.00. The Morgan fingerprint density at radius 3 is 2.48 bits per heavy atom. The molecule has 0 heterocycles. The third-order valence-electron chi connectivity index (χ3n) is 3.60. The molecule has 0 aromatic heterocycles. The zero-order chi connectivity index (χ0) is 18.2. The largest absolute Gasteiger partial charge is 0.494 e. The van der Waals surface area contributed by atoms with Crippen LogP contribution in [-0.2, 0) is 4.79 Å². The molecule has 2 N–H and O–H groups in total. The first kappa shape index (κ1) is 18.8. The summed E-state index contributed by atoms with van der Waals surface area (Å²) < 4.78 is 5.61. The van der Waals surface area contributed by atoms with Crippen molar-refractivity contribution in [2.45, 2.75) is 19.8 Å². The highest BCUT2D eigenvalue weighted by atomic mass is 35.5. The molecule has 2 aromatic rings. The number of nitrogens with one attached hydrogen (secondary N) is 2. The summed E-state index contributed by atoms with van der Waals surface area (Å²) in [7, 11) is 1.57. The first-order chi connectivity index (χ1) is 12.0. The monoisotopic (exact) mass is 360 g/mol. The number of carbonyl (C=O) groups is 2. The van der Waals surface area contributed by atoms with Crippen molar-refractivity contribution in [3.05, 3.63) is 58.6 Å². The van der Waals surface area contributed by atoms with E-state index in [4.69, 9.17) is 16.3 Å². The Morgan fingerprint density at radius 1 is 1.12 bits per heavy atom. The number of benzene rings is 2. The second-order valence-corrected chi connectivity index (χ2v) is 5.97. The number of carbonyl (C=O) groups excluding carboxylic acids is 2. The zero-order valence-electron chi connectivity index (χ0n) is 14.3. The van der Waals surface area contributed by atoms with Gasteiger partial charge in [0.25, 0.3) is 5.91 Å². The molecule has 5 nitrogen and oxygen atoms in total. The molecule has 0 spiro atoms. The Balaban J connectivity index is 1.73. The summed E-state index contributed by atoms with van der Waals surface area (Å²) in [6.07, 6.45) is 0.952. The lowest BCUT2D eigenvalue weighted by atomic mass is 10.2. The molecule has 0 fully saturated rings. The minimum absolute atomic E-state index is 0.0939. The fourth-order valence-corrected chi connectivity index (χ4v) is 2.32. The quantitative estimate of drug-likeness (QED) is 0.738. The van der Waals surface area contributed by atoms with Gasteiger partial charge in [-0.25, -0.2) is 0 Å². The van der Waals surface area contributed by atoms with E-state index in [1.807, 2.05) is 19.1 Å². The van der Waals surface area contributed by atoms with Crippen molar-refractivity contribution in [3.63, 3.8) is 0 Å². The fraction of sp³-hybridized carbons (Fsp3) is 0.263. The van der Waals surface area contributed by atoms with Crippen LogP contribution in [0.1, 0.15) is 28.8 Å². The van der Waals surface area contributed by atoms with Crippen LogP contribution in [0.5, 0.6) is 5.75 Å². The highest BCUT2D eigenvalue weighted by molar-refractivity contribution is 6.31. The van der Waals surface area contributed by atoms with Crippen molar-refractivity contribution in [2.24, 2.45) is 0 Å². The highest BCUT2D eigenvalue weighted by Gasteiger charge is 2.06. The molecule has 2 rings (SSSR count). The number of hydrogen-bond donors (Lipinski definition) is 2. The summed E-state index contributed by atoms with van der Waals surface area (Å²) in [5.74, 6) is 0.489. The Morgan fingerprint density at radius 2 is 1.84 bits per heavy atom. The molecule has 0 radical (unpaired) electrons. The van der Waals surface area contributed by atoms with Crippen LogP contribution in [0, 0.1) is 6.92 Å². The van der Waals surface area contributed by atoms with Crippen molar-refractivity contribution < 1.29 is 14.3 Å². The van der Waals surface area contributed by atoms with Gasteiger partial charge in [-0.15, -0.1) is 0 Å². The topological polar surface area (TPSA) is 67.4 Å². The van der Waals surface area contributed by atoms with Gasteiger partial charge >= 0.3 is 0 Å². The smallest absolute Gasteiger partial charge is 0.251 e. The molecule has 132 valence electrons. The van der Waals surface area contributed by atoms with Crippen LogP contribution in [0.25, 0.3) is 0 Å². The van der Waals surface area contributed by atoms with Gasteiger partial charge in [-0.05, 0) is 61.4 Å². The lowest BCUT2D eigenvalue weighted by Gasteiger charge is -2.08. The van der Waals surface area contributed by atoms with E-state index in [1.54, 1.807) is 37.4 Å². The maximum absolute atomic E-state index is 11.9. The second kappa shape index (κ2) is 9.08. The zero-order valence-corrected chi connectivity index (χ0v) is 15.0. The van der Waals surface area contributed by atoms with E-state index in [-0.39, 0.29) is 11.8 Å². The summed E-state index contributed by atoms with van der Waals surface area (Å²) in [4.78, 5) is 23.4. The molecule has 0 unspecified atom stereocenters. The molecule has 25 heavy (non-hydrogen) atoms. The Hall–Kier alpha value is -2.53. The number of rotatable bonds is 7.